The second-order valence-corrected chi connectivity index (χ2v) is 10.5. The lowest BCUT2D eigenvalue weighted by atomic mass is 9.83. The molecule has 0 aliphatic rings. The highest BCUT2D eigenvalue weighted by molar-refractivity contribution is 5.69. The normalized spacial score (nSPS) is 11.9. The van der Waals surface area contributed by atoms with Gasteiger partial charge >= 0.3 is 5.97 Å². The zero-order chi connectivity index (χ0) is 23.9. The van der Waals surface area contributed by atoms with E-state index in [0.717, 1.165) is 32.2 Å². The highest BCUT2D eigenvalue weighted by Crippen LogP contribution is 2.29. The highest BCUT2D eigenvalue weighted by Gasteiger charge is 2.20. The minimum absolute atomic E-state index is 0.00958. The van der Waals surface area contributed by atoms with E-state index in [0.29, 0.717) is 25.5 Å². The summed E-state index contributed by atoms with van der Waals surface area (Å²) in [5.41, 5.74) is 0.175. The van der Waals surface area contributed by atoms with Crippen molar-refractivity contribution < 1.29 is 14.6 Å². The number of nitrogens with one attached hydrogen (secondary N) is 1. The third-order valence-corrected chi connectivity index (χ3v) is 6.66. The van der Waals surface area contributed by atoms with Crippen LogP contribution in [0.2, 0.25) is 0 Å². The third kappa shape index (κ3) is 21.2. The Morgan fingerprint density at radius 2 is 1.41 bits per heavy atom. The van der Waals surface area contributed by atoms with Gasteiger partial charge in [0.15, 0.2) is 0 Å². The Labute approximate surface area is 200 Å². The minimum Gasteiger partial charge on any atom is -0.465 e. The average Bonchev–Trinajstić information content (AvgIpc) is 2.77. The summed E-state index contributed by atoms with van der Waals surface area (Å²) in [7, 11) is 0. The quantitative estimate of drug-likeness (QED) is 0.117. The summed E-state index contributed by atoms with van der Waals surface area (Å²) in [6, 6.07) is 0. The number of rotatable bonds is 24. The van der Waals surface area contributed by atoms with Crippen molar-refractivity contribution in [1.82, 2.24) is 5.32 Å². The molecule has 32 heavy (non-hydrogen) atoms. The monoisotopic (exact) mass is 455 g/mol. The van der Waals surface area contributed by atoms with E-state index in [1.54, 1.807) is 0 Å². The third-order valence-electron chi connectivity index (χ3n) is 6.66. The first-order valence-electron chi connectivity index (χ1n) is 13.9. The van der Waals surface area contributed by atoms with Crippen molar-refractivity contribution in [1.29, 1.82) is 0 Å². The van der Waals surface area contributed by atoms with E-state index >= 15 is 0 Å². The predicted molar refractivity (Wildman–Crippen MR) is 138 cm³/mol. The van der Waals surface area contributed by atoms with Gasteiger partial charge < -0.3 is 15.2 Å². The molecule has 0 aromatic rings. The number of carbonyl (C=O) groups is 1. The molecule has 4 heteroatoms. The molecule has 0 atom stereocenters. The number of aliphatic hydroxyl groups excluding tert-OH is 1. The van der Waals surface area contributed by atoms with Crippen LogP contribution in [0.5, 0.6) is 0 Å². The highest BCUT2D eigenvalue weighted by atomic mass is 16.5. The van der Waals surface area contributed by atoms with Crippen molar-refractivity contribution in [3.8, 4) is 0 Å². The molecular formula is C28H57NO3. The van der Waals surface area contributed by atoms with E-state index in [1.165, 1.54) is 77.0 Å². The second kappa shape index (κ2) is 22.2. The fourth-order valence-electron chi connectivity index (χ4n) is 4.29. The van der Waals surface area contributed by atoms with Crippen LogP contribution in [-0.2, 0) is 9.53 Å². The largest absolute Gasteiger partial charge is 0.465 e. The molecular weight excluding hydrogens is 398 g/mol. The number of carbonyl (C=O) groups excluding carboxylic acids is 1. The van der Waals surface area contributed by atoms with Crippen molar-refractivity contribution in [2.24, 2.45) is 11.3 Å². The Balaban J connectivity index is 4.14. The van der Waals surface area contributed by atoms with Crippen LogP contribution in [0.4, 0.5) is 0 Å². The average molecular weight is 456 g/mol. The Morgan fingerprint density at radius 1 is 0.812 bits per heavy atom. The zero-order valence-electron chi connectivity index (χ0n) is 22.2. The summed E-state index contributed by atoms with van der Waals surface area (Å²) < 4.78 is 5.75. The maximum absolute atomic E-state index is 12.4. The summed E-state index contributed by atoms with van der Waals surface area (Å²) in [6.07, 6.45) is 20.4. The molecule has 0 amide bonds. The maximum Gasteiger partial charge on any atom is 0.305 e. The second-order valence-electron chi connectivity index (χ2n) is 10.5. The minimum atomic E-state index is -0.00958. The molecule has 0 saturated heterocycles. The van der Waals surface area contributed by atoms with Gasteiger partial charge in [0.1, 0.15) is 0 Å². The Morgan fingerprint density at radius 3 is 1.97 bits per heavy atom. The van der Waals surface area contributed by atoms with E-state index < -0.39 is 0 Å². The van der Waals surface area contributed by atoms with Crippen molar-refractivity contribution in [3.05, 3.63) is 0 Å². The summed E-state index contributed by atoms with van der Waals surface area (Å²) in [5, 5.41) is 12.0. The van der Waals surface area contributed by atoms with Gasteiger partial charge in [-0.3, -0.25) is 4.79 Å². The van der Waals surface area contributed by atoms with Crippen LogP contribution in [0.3, 0.4) is 0 Å². The van der Waals surface area contributed by atoms with Gasteiger partial charge in [-0.05, 0) is 50.0 Å². The van der Waals surface area contributed by atoms with Gasteiger partial charge in [0.2, 0.25) is 0 Å². The summed E-state index contributed by atoms with van der Waals surface area (Å²) in [5.74, 6) is 0.534. The van der Waals surface area contributed by atoms with E-state index in [-0.39, 0.29) is 18.0 Å². The van der Waals surface area contributed by atoms with Crippen LogP contribution < -0.4 is 5.32 Å². The number of hydrogen-bond acceptors (Lipinski definition) is 4. The number of aliphatic hydroxyl groups is 1. The molecule has 0 radical (unpaired) electrons. The standard InChI is InChI=1S/C28H57NO3/c1-5-7-9-11-13-17-26(18-14-12-10-8-6-2)25-32-27(31)19-21-28(3,4)20-15-16-22-29-23-24-30/h26,29-30H,5-25H2,1-4H3. The molecule has 0 spiro atoms. The molecule has 0 aliphatic carbocycles. The van der Waals surface area contributed by atoms with Crippen molar-refractivity contribution in [2.75, 3.05) is 26.3 Å². The molecule has 4 nitrogen and oxygen atoms in total. The summed E-state index contributed by atoms with van der Waals surface area (Å²) >= 11 is 0. The first-order chi connectivity index (χ1) is 15.4. The molecule has 0 unspecified atom stereocenters. The topological polar surface area (TPSA) is 58.6 Å². The maximum atomic E-state index is 12.4. The van der Waals surface area contributed by atoms with Crippen LogP contribution in [-0.4, -0.2) is 37.4 Å². The van der Waals surface area contributed by atoms with Gasteiger partial charge in [-0.25, -0.2) is 0 Å². The van der Waals surface area contributed by atoms with Crippen molar-refractivity contribution >= 4 is 5.97 Å². The van der Waals surface area contributed by atoms with Gasteiger partial charge in [0.05, 0.1) is 13.2 Å². The molecule has 0 saturated carbocycles. The van der Waals surface area contributed by atoms with Crippen LogP contribution in [0.1, 0.15) is 137 Å². The smallest absolute Gasteiger partial charge is 0.305 e. The first-order valence-corrected chi connectivity index (χ1v) is 13.9. The van der Waals surface area contributed by atoms with Crippen LogP contribution in [0.15, 0.2) is 0 Å². The molecule has 0 aromatic heterocycles. The number of hydrogen-bond donors (Lipinski definition) is 2. The Bertz CT molecular complexity index is 397. The first kappa shape index (κ1) is 31.4. The van der Waals surface area contributed by atoms with Crippen molar-refractivity contribution in [3.63, 3.8) is 0 Å². The molecule has 0 heterocycles. The van der Waals surface area contributed by atoms with Crippen molar-refractivity contribution in [2.45, 2.75) is 137 Å². The molecule has 0 fully saturated rings. The van der Waals surface area contributed by atoms with Crippen LogP contribution >= 0.6 is 0 Å². The van der Waals surface area contributed by atoms with Gasteiger partial charge in [-0.1, -0.05) is 98.3 Å². The fraction of sp³-hybridized carbons (Fsp3) is 0.964. The molecule has 0 aliphatic heterocycles. The van der Waals surface area contributed by atoms with E-state index in [1.807, 2.05) is 0 Å². The summed E-state index contributed by atoms with van der Waals surface area (Å²) in [6.45, 7) is 11.5. The lowest BCUT2D eigenvalue weighted by Gasteiger charge is -2.24. The van der Waals surface area contributed by atoms with Gasteiger partial charge in [-0.2, -0.15) is 0 Å². The van der Waals surface area contributed by atoms with E-state index in [4.69, 9.17) is 9.84 Å². The van der Waals surface area contributed by atoms with E-state index in [2.05, 4.69) is 33.0 Å². The fourth-order valence-corrected chi connectivity index (χ4v) is 4.29. The molecule has 0 aromatic carbocycles. The number of unbranched alkanes of at least 4 members (excludes halogenated alkanes) is 9. The molecule has 0 rings (SSSR count). The predicted octanol–water partition coefficient (Wildman–Crippen LogP) is 7.43. The number of esters is 1. The molecule has 0 bridgehead atoms. The lowest BCUT2D eigenvalue weighted by molar-refractivity contribution is -0.145. The van der Waals surface area contributed by atoms with Gasteiger partial charge in [-0.15, -0.1) is 0 Å². The van der Waals surface area contributed by atoms with Crippen LogP contribution in [0.25, 0.3) is 0 Å². The van der Waals surface area contributed by atoms with Gasteiger partial charge in [0.25, 0.3) is 0 Å². The SMILES string of the molecule is CCCCCCCC(CCCCCCC)COC(=O)CCC(C)(C)CCCCNCCO. The Kier molecular flexibility index (Phi) is 21.8. The summed E-state index contributed by atoms with van der Waals surface area (Å²) in [4.78, 5) is 12.4. The molecule has 192 valence electrons. The van der Waals surface area contributed by atoms with Gasteiger partial charge in [0, 0.05) is 13.0 Å². The zero-order valence-corrected chi connectivity index (χ0v) is 22.2. The molecule has 2 N–H and O–H groups in total. The Hall–Kier alpha value is -0.610. The van der Waals surface area contributed by atoms with E-state index in [9.17, 15) is 4.79 Å². The van der Waals surface area contributed by atoms with Crippen LogP contribution in [0, 0.1) is 11.3 Å². The number of ether oxygens (including phenoxy) is 1. The lowest BCUT2D eigenvalue weighted by Crippen LogP contribution is -2.20.